The van der Waals surface area contributed by atoms with E-state index in [2.05, 4.69) is 35.1 Å². The molecule has 17 heavy (non-hydrogen) atoms. The monoisotopic (exact) mass is 301 g/mol. The molecule has 0 amide bonds. The lowest BCUT2D eigenvalue weighted by molar-refractivity contribution is 0.394. The van der Waals surface area contributed by atoms with E-state index in [0.717, 1.165) is 29.4 Å². The molecule has 0 heterocycles. The van der Waals surface area contributed by atoms with Gasteiger partial charge in [0.15, 0.2) is 0 Å². The second-order valence-corrected chi connectivity index (χ2v) is 5.85. The summed E-state index contributed by atoms with van der Waals surface area (Å²) in [6.07, 6.45) is 2.07. The van der Waals surface area contributed by atoms with E-state index in [0.29, 0.717) is 11.8 Å². The zero-order chi connectivity index (χ0) is 12.8. The summed E-state index contributed by atoms with van der Waals surface area (Å²) >= 11 is 3.49. The van der Waals surface area contributed by atoms with Gasteiger partial charge in [0.2, 0.25) is 0 Å². The van der Waals surface area contributed by atoms with Gasteiger partial charge in [-0.25, -0.2) is 4.39 Å². The van der Waals surface area contributed by atoms with Crippen molar-refractivity contribution in [2.24, 2.45) is 11.8 Å². The van der Waals surface area contributed by atoms with Crippen LogP contribution >= 0.6 is 15.9 Å². The molecule has 1 nitrogen and oxygen atoms in total. The molecule has 0 aromatic heterocycles. The average Bonchev–Trinajstić information content (AvgIpc) is 2.23. The van der Waals surface area contributed by atoms with E-state index in [4.69, 9.17) is 0 Å². The molecule has 0 aliphatic heterocycles. The summed E-state index contributed by atoms with van der Waals surface area (Å²) in [6, 6.07) is 4.91. The van der Waals surface area contributed by atoms with Crippen LogP contribution in [0.1, 0.15) is 25.8 Å². The second kappa shape index (κ2) is 7.12. The number of rotatable bonds is 6. The molecule has 0 aliphatic rings. The van der Waals surface area contributed by atoms with Crippen molar-refractivity contribution in [2.45, 2.75) is 26.7 Å². The van der Waals surface area contributed by atoms with E-state index >= 15 is 0 Å². The van der Waals surface area contributed by atoms with Crippen LogP contribution in [0.4, 0.5) is 4.39 Å². The minimum absolute atomic E-state index is 0.157. The molecule has 0 bridgehead atoms. The van der Waals surface area contributed by atoms with Crippen LogP contribution < -0.4 is 5.32 Å². The average molecular weight is 302 g/mol. The molecule has 1 N–H and O–H groups in total. The Labute approximate surface area is 112 Å². The number of hydrogen-bond donors (Lipinski definition) is 1. The molecule has 0 fully saturated rings. The van der Waals surface area contributed by atoms with Gasteiger partial charge in [0, 0.05) is 4.47 Å². The predicted octanol–water partition coefficient (Wildman–Crippen LogP) is 4.01. The first kappa shape index (κ1) is 14.7. The van der Waals surface area contributed by atoms with Crippen molar-refractivity contribution in [3.05, 3.63) is 34.1 Å². The molecule has 0 radical (unpaired) electrons. The third-order valence-electron chi connectivity index (χ3n) is 2.81. The Hall–Kier alpha value is -0.410. The Bertz CT molecular complexity index is 352. The first-order valence-electron chi connectivity index (χ1n) is 6.11. The van der Waals surface area contributed by atoms with E-state index in [1.54, 1.807) is 12.1 Å². The third-order valence-corrected chi connectivity index (χ3v) is 3.59. The van der Waals surface area contributed by atoms with Crippen LogP contribution in [0.5, 0.6) is 0 Å². The lowest BCUT2D eigenvalue weighted by atomic mass is 9.91. The topological polar surface area (TPSA) is 12.0 Å². The zero-order valence-electron chi connectivity index (χ0n) is 10.8. The van der Waals surface area contributed by atoms with Gasteiger partial charge in [-0.15, -0.1) is 0 Å². The van der Waals surface area contributed by atoms with Gasteiger partial charge in [-0.2, -0.15) is 0 Å². The molecular formula is C14H21BrFN. The maximum absolute atomic E-state index is 13.2. The summed E-state index contributed by atoms with van der Waals surface area (Å²) in [7, 11) is 1.97. The van der Waals surface area contributed by atoms with Crippen LogP contribution in [0.25, 0.3) is 0 Å². The van der Waals surface area contributed by atoms with Gasteiger partial charge in [-0.3, -0.25) is 0 Å². The summed E-state index contributed by atoms with van der Waals surface area (Å²) in [5, 5.41) is 3.22. The molecular weight excluding hydrogens is 281 g/mol. The zero-order valence-corrected chi connectivity index (χ0v) is 12.3. The van der Waals surface area contributed by atoms with Crippen LogP contribution in [0.2, 0.25) is 0 Å². The summed E-state index contributed by atoms with van der Waals surface area (Å²) in [6.45, 7) is 5.42. The Morgan fingerprint density at radius 3 is 2.65 bits per heavy atom. The van der Waals surface area contributed by atoms with E-state index < -0.39 is 0 Å². The van der Waals surface area contributed by atoms with Crippen LogP contribution in [0.15, 0.2) is 22.7 Å². The van der Waals surface area contributed by atoms with Crippen molar-refractivity contribution in [2.75, 3.05) is 13.6 Å². The predicted molar refractivity (Wildman–Crippen MR) is 74.7 cm³/mol. The standard InChI is InChI=1S/C14H21BrFN/c1-10(2)6-11(9-17-3)7-12-8-13(16)4-5-14(12)15/h4-5,8,10-11,17H,6-7,9H2,1-3H3. The first-order valence-corrected chi connectivity index (χ1v) is 6.90. The summed E-state index contributed by atoms with van der Waals surface area (Å²) in [5.74, 6) is 1.06. The number of hydrogen-bond acceptors (Lipinski definition) is 1. The van der Waals surface area contributed by atoms with E-state index in [1.807, 2.05) is 7.05 Å². The largest absolute Gasteiger partial charge is 0.319 e. The Morgan fingerprint density at radius 1 is 1.35 bits per heavy atom. The first-order chi connectivity index (χ1) is 8.02. The fourth-order valence-corrected chi connectivity index (χ4v) is 2.61. The Morgan fingerprint density at radius 2 is 2.06 bits per heavy atom. The highest BCUT2D eigenvalue weighted by Gasteiger charge is 2.13. The highest BCUT2D eigenvalue weighted by Crippen LogP contribution is 2.23. The van der Waals surface area contributed by atoms with Crippen LogP contribution in [0, 0.1) is 17.7 Å². The molecule has 3 heteroatoms. The van der Waals surface area contributed by atoms with Gasteiger partial charge < -0.3 is 5.32 Å². The quantitative estimate of drug-likeness (QED) is 0.837. The molecule has 96 valence electrons. The maximum Gasteiger partial charge on any atom is 0.123 e. The fraction of sp³-hybridized carbons (Fsp3) is 0.571. The lowest BCUT2D eigenvalue weighted by Crippen LogP contribution is -2.22. The lowest BCUT2D eigenvalue weighted by Gasteiger charge is -2.19. The molecule has 0 aliphatic carbocycles. The van der Waals surface area contributed by atoms with Gasteiger partial charge in [0.05, 0.1) is 0 Å². The number of nitrogens with one attached hydrogen (secondary N) is 1. The molecule has 0 spiro atoms. The van der Waals surface area contributed by atoms with Crippen molar-refractivity contribution in [3.8, 4) is 0 Å². The Balaban J connectivity index is 2.74. The van der Waals surface area contributed by atoms with Gasteiger partial charge in [0.1, 0.15) is 5.82 Å². The van der Waals surface area contributed by atoms with Crippen molar-refractivity contribution in [1.82, 2.24) is 5.32 Å². The van der Waals surface area contributed by atoms with Crippen LogP contribution in [-0.4, -0.2) is 13.6 Å². The second-order valence-electron chi connectivity index (χ2n) is 4.99. The van der Waals surface area contributed by atoms with Gasteiger partial charge >= 0.3 is 0 Å². The van der Waals surface area contributed by atoms with Gasteiger partial charge in [0.25, 0.3) is 0 Å². The van der Waals surface area contributed by atoms with Crippen LogP contribution in [-0.2, 0) is 6.42 Å². The smallest absolute Gasteiger partial charge is 0.123 e. The van der Waals surface area contributed by atoms with Crippen molar-refractivity contribution >= 4 is 15.9 Å². The van der Waals surface area contributed by atoms with Gasteiger partial charge in [-0.1, -0.05) is 29.8 Å². The number of halogens is 2. The van der Waals surface area contributed by atoms with Crippen LogP contribution in [0.3, 0.4) is 0 Å². The normalized spacial score (nSPS) is 13.1. The molecule has 0 saturated heterocycles. The minimum Gasteiger partial charge on any atom is -0.319 e. The molecule has 1 unspecified atom stereocenters. The minimum atomic E-state index is -0.157. The molecule has 1 rings (SSSR count). The summed E-state index contributed by atoms with van der Waals surface area (Å²) in [4.78, 5) is 0. The fourth-order valence-electron chi connectivity index (χ4n) is 2.20. The summed E-state index contributed by atoms with van der Waals surface area (Å²) < 4.78 is 14.2. The molecule has 1 aromatic carbocycles. The summed E-state index contributed by atoms with van der Waals surface area (Å²) in [5.41, 5.74) is 1.06. The van der Waals surface area contributed by atoms with Crippen molar-refractivity contribution in [1.29, 1.82) is 0 Å². The van der Waals surface area contributed by atoms with Gasteiger partial charge in [-0.05, 0) is 62.0 Å². The third kappa shape index (κ3) is 5.17. The van der Waals surface area contributed by atoms with E-state index in [1.165, 1.54) is 6.07 Å². The molecule has 1 aromatic rings. The Kier molecular flexibility index (Phi) is 6.14. The molecule has 1 atom stereocenters. The van der Waals surface area contributed by atoms with Crippen molar-refractivity contribution in [3.63, 3.8) is 0 Å². The maximum atomic E-state index is 13.2. The van der Waals surface area contributed by atoms with Crippen molar-refractivity contribution < 1.29 is 4.39 Å². The molecule has 0 saturated carbocycles. The SMILES string of the molecule is CNCC(Cc1cc(F)ccc1Br)CC(C)C. The van der Waals surface area contributed by atoms with E-state index in [9.17, 15) is 4.39 Å². The highest BCUT2D eigenvalue weighted by molar-refractivity contribution is 9.10. The highest BCUT2D eigenvalue weighted by atomic mass is 79.9. The number of benzene rings is 1. The van der Waals surface area contributed by atoms with E-state index in [-0.39, 0.29) is 5.82 Å².